The molecule has 2 rings (SSSR count). The standard InChI is InChI=1S/C16H32N2O2/c1-14-6-4-5-7-16(14)20-11-9-18-8-10-19-15(13-18)12-17(2)3/h14-16H,4-13H2,1-3H3/t14-,15+,16-/m1/s1. The van der Waals surface area contributed by atoms with Gasteiger partial charge in [-0.25, -0.2) is 0 Å². The highest BCUT2D eigenvalue weighted by Crippen LogP contribution is 2.26. The van der Waals surface area contributed by atoms with Crippen molar-refractivity contribution in [2.75, 3.05) is 53.5 Å². The summed E-state index contributed by atoms with van der Waals surface area (Å²) >= 11 is 0. The highest BCUT2D eigenvalue weighted by molar-refractivity contribution is 4.75. The summed E-state index contributed by atoms with van der Waals surface area (Å²) in [6.45, 7) is 8.23. The van der Waals surface area contributed by atoms with Crippen LogP contribution in [0.4, 0.5) is 0 Å². The van der Waals surface area contributed by atoms with Crippen LogP contribution in [-0.4, -0.2) is 75.5 Å². The molecule has 20 heavy (non-hydrogen) atoms. The summed E-state index contributed by atoms with van der Waals surface area (Å²) in [4.78, 5) is 4.69. The van der Waals surface area contributed by atoms with Gasteiger partial charge in [0.1, 0.15) is 0 Å². The van der Waals surface area contributed by atoms with E-state index >= 15 is 0 Å². The lowest BCUT2D eigenvalue weighted by atomic mass is 9.88. The molecular formula is C16H32N2O2. The van der Waals surface area contributed by atoms with E-state index < -0.39 is 0 Å². The first kappa shape index (κ1) is 16.2. The highest BCUT2D eigenvalue weighted by Gasteiger charge is 2.23. The Morgan fingerprint density at radius 3 is 2.80 bits per heavy atom. The largest absolute Gasteiger partial charge is 0.377 e. The van der Waals surface area contributed by atoms with E-state index in [1.807, 2.05) is 0 Å². The fourth-order valence-corrected chi connectivity index (χ4v) is 3.36. The van der Waals surface area contributed by atoms with Crippen LogP contribution in [0, 0.1) is 5.92 Å². The smallest absolute Gasteiger partial charge is 0.0829 e. The second kappa shape index (κ2) is 8.32. The molecular weight excluding hydrogens is 252 g/mol. The lowest BCUT2D eigenvalue weighted by Gasteiger charge is -2.35. The van der Waals surface area contributed by atoms with E-state index in [2.05, 4.69) is 30.8 Å². The molecule has 118 valence electrons. The molecule has 2 fully saturated rings. The predicted molar refractivity (Wildman–Crippen MR) is 82.1 cm³/mol. The summed E-state index contributed by atoms with van der Waals surface area (Å²) in [6, 6.07) is 0. The van der Waals surface area contributed by atoms with E-state index in [0.717, 1.165) is 45.3 Å². The number of morpholine rings is 1. The molecule has 1 aliphatic carbocycles. The second-order valence-corrected chi connectivity index (χ2v) is 6.73. The molecule has 0 aromatic heterocycles. The van der Waals surface area contributed by atoms with Gasteiger partial charge in [0.15, 0.2) is 0 Å². The first-order valence-electron chi connectivity index (χ1n) is 8.25. The van der Waals surface area contributed by atoms with E-state index in [9.17, 15) is 0 Å². The molecule has 2 aliphatic rings. The lowest BCUT2D eigenvalue weighted by Crippen LogP contribution is -2.47. The van der Waals surface area contributed by atoms with Gasteiger partial charge in [0, 0.05) is 26.2 Å². The maximum Gasteiger partial charge on any atom is 0.0829 e. The first-order valence-corrected chi connectivity index (χ1v) is 8.25. The van der Waals surface area contributed by atoms with E-state index in [1.54, 1.807) is 0 Å². The molecule has 4 heteroatoms. The summed E-state index contributed by atoms with van der Waals surface area (Å²) in [6.07, 6.45) is 6.18. The van der Waals surface area contributed by atoms with Crippen molar-refractivity contribution in [1.29, 1.82) is 0 Å². The van der Waals surface area contributed by atoms with Gasteiger partial charge in [0.2, 0.25) is 0 Å². The van der Waals surface area contributed by atoms with Crippen molar-refractivity contribution in [3.05, 3.63) is 0 Å². The van der Waals surface area contributed by atoms with Gasteiger partial charge in [0.25, 0.3) is 0 Å². The van der Waals surface area contributed by atoms with Crippen LogP contribution in [0.2, 0.25) is 0 Å². The van der Waals surface area contributed by atoms with E-state index in [1.165, 1.54) is 25.7 Å². The Morgan fingerprint density at radius 2 is 2.05 bits per heavy atom. The molecule has 4 nitrogen and oxygen atoms in total. The molecule has 0 unspecified atom stereocenters. The minimum absolute atomic E-state index is 0.354. The summed E-state index contributed by atoms with van der Waals surface area (Å²) < 4.78 is 11.9. The molecule has 0 amide bonds. The van der Waals surface area contributed by atoms with Crippen molar-refractivity contribution >= 4 is 0 Å². The number of hydrogen-bond donors (Lipinski definition) is 0. The molecule has 1 heterocycles. The zero-order valence-corrected chi connectivity index (χ0v) is 13.5. The number of likely N-dealkylation sites (N-methyl/N-ethyl adjacent to an activating group) is 1. The Labute approximate surface area is 124 Å². The Morgan fingerprint density at radius 1 is 1.25 bits per heavy atom. The lowest BCUT2D eigenvalue weighted by molar-refractivity contribution is -0.0577. The SMILES string of the molecule is C[C@@H]1CCCC[C@H]1OCCN1CCO[C@@H](CN(C)C)C1. The minimum atomic E-state index is 0.354. The molecule has 0 bridgehead atoms. The molecule has 1 aliphatic heterocycles. The minimum Gasteiger partial charge on any atom is -0.377 e. The number of nitrogens with zero attached hydrogens (tertiary/aromatic N) is 2. The summed E-state index contributed by atoms with van der Waals surface area (Å²) in [5.74, 6) is 0.745. The molecule has 3 atom stereocenters. The van der Waals surface area contributed by atoms with Gasteiger partial charge in [-0.3, -0.25) is 4.90 Å². The van der Waals surface area contributed by atoms with Crippen molar-refractivity contribution in [2.45, 2.75) is 44.8 Å². The third-order valence-electron chi connectivity index (χ3n) is 4.56. The molecule has 0 spiro atoms. The fraction of sp³-hybridized carbons (Fsp3) is 1.00. The normalized spacial score (nSPS) is 32.7. The fourth-order valence-electron chi connectivity index (χ4n) is 3.36. The van der Waals surface area contributed by atoms with Gasteiger partial charge < -0.3 is 14.4 Å². The molecule has 1 saturated heterocycles. The number of rotatable bonds is 6. The van der Waals surface area contributed by atoms with Gasteiger partial charge in [-0.2, -0.15) is 0 Å². The van der Waals surface area contributed by atoms with Gasteiger partial charge in [-0.15, -0.1) is 0 Å². The third-order valence-corrected chi connectivity index (χ3v) is 4.56. The van der Waals surface area contributed by atoms with Crippen LogP contribution in [0.5, 0.6) is 0 Å². The monoisotopic (exact) mass is 284 g/mol. The van der Waals surface area contributed by atoms with Crippen LogP contribution in [0.15, 0.2) is 0 Å². The Bertz CT molecular complexity index is 273. The quantitative estimate of drug-likeness (QED) is 0.743. The van der Waals surface area contributed by atoms with Crippen LogP contribution in [-0.2, 0) is 9.47 Å². The Hall–Kier alpha value is -0.160. The molecule has 0 aromatic rings. The van der Waals surface area contributed by atoms with Crippen molar-refractivity contribution in [3.8, 4) is 0 Å². The second-order valence-electron chi connectivity index (χ2n) is 6.73. The van der Waals surface area contributed by atoms with Crippen LogP contribution in [0.1, 0.15) is 32.6 Å². The molecule has 0 N–H and O–H groups in total. The van der Waals surface area contributed by atoms with Crippen LogP contribution >= 0.6 is 0 Å². The van der Waals surface area contributed by atoms with Crippen LogP contribution in [0.3, 0.4) is 0 Å². The van der Waals surface area contributed by atoms with Gasteiger partial charge in [-0.05, 0) is 32.9 Å². The molecule has 0 radical (unpaired) electrons. The van der Waals surface area contributed by atoms with E-state index in [0.29, 0.717) is 12.2 Å². The van der Waals surface area contributed by atoms with Crippen molar-refractivity contribution in [1.82, 2.24) is 9.80 Å². The number of hydrogen-bond acceptors (Lipinski definition) is 4. The summed E-state index contributed by atoms with van der Waals surface area (Å²) in [5, 5.41) is 0. The zero-order chi connectivity index (χ0) is 14.4. The molecule has 0 aromatic carbocycles. The average Bonchev–Trinajstić information content (AvgIpc) is 2.41. The summed E-state index contributed by atoms with van der Waals surface area (Å²) in [7, 11) is 4.21. The van der Waals surface area contributed by atoms with Crippen LogP contribution < -0.4 is 0 Å². The highest BCUT2D eigenvalue weighted by atomic mass is 16.5. The maximum atomic E-state index is 6.12. The average molecular weight is 284 g/mol. The summed E-state index contributed by atoms with van der Waals surface area (Å²) in [5.41, 5.74) is 0. The Balaban J connectivity index is 1.63. The predicted octanol–water partition coefficient (Wildman–Crippen LogP) is 1.84. The molecule has 1 saturated carbocycles. The topological polar surface area (TPSA) is 24.9 Å². The van der Waals surface area contributed by atoms with Crippen LogP contribution in [0.25, 0.3) is 0 Å². The van der Waals surface area contributed by atoms with E-state index in [4.69, 9.17) is 9.47 Å². The van der Waals surface area contributed by atoms with Gasteiger partial charge >= 0.3 is 0 Å². The third kappa shape index (κ3) is 5.32. The van der Waals surface area contributed by atoms with Crippen molar-refractivity contribution in [2.24, 2.45) is 5.92 Å². The van der Waals surface area contributed by atoms with Crippen molar-refractivity contribution in [3.63, 3.8) is 0 Å². The van der Waals surface area contributed by atoms with E-state index in [-0.39, 0.29) is 0 Å². The first-order chi connectivity index (χ1) is 9.65. The van der Waals surface area contributed by atoms with Gasteiger partial charge in [-0.1, -0.05) is 19.8 Å². The van der Waals surface area contributed by atoms with Crippen molar-refractivity contribution < 1.29 is 9.47 Å². The maximum absolute atomic E-state index is 6.12. The Kier molecular flexibility index (Phi) is 6.75. The van der Waals surface area contributed by atoms with Gasteiger partial charge in [0.05, 0.1) is 25.4 Å². The number of ether oxygens (including phenoxy) is 2. The zero-order valence-electron chi connectivity index (χ0n) is 13.5.